The molecular formula is C10H21BrN2O4S. The molecule has 0 rings (SSSR count). The second-order valence-electron chi connectivity index (χ2n) is 3.80. The van der Waals surface area contributed by atoms with Crippen molar-refractivity contribution in [1.29, 1.82) is 0 Å². The van der Waals surface area contributed by atoms with Gasteiger partial charge < -0.3 is 10.1 Å². The average molecular weight is 345 g/mol. The summed E-state index contributed by atoms with van der Waals surface area (Å²) in [6, 6.07) is 0. The van der Waals surface area contributed by atoms with Gasteiger partial charge in [0.05, 0.1) is 13.4 Å². The van der Waals surface area contributed by atoms with Crippen LogP contribution in [0.5, 0.6) is 0 Å². The van der Waals surface area contributed by atoms with Gasteiger partial charge in [0.25, 0.3) is 0 Å². The van der Waals surface area contributed by atoms with Crippen molar-refractivity contribution in [2.45, 2.75) is 18.2 Å². The van der Waals surface area contributed by atoms with Crippen molar-refractivity contribution in [3.8, 4) is 0 Å². The van der Waals surface area contributed by atoms with Crippen LogP contribution in [0, 0.1) is 0 Å². The first-order valence-electron chi connectivity index (χ1n) is 5.70. The predicted molar refractivity (Wildman–Crippen MR) is 74.3 cm³/mol. The number of halogens is 1. The lowest BCUT2D eigenvalue weighted by Gasteiger charge is -2.17. The standard InChI is InChI=1S/C10H21BrN2O4S/c1-4-13(18(3,15)16)7-5-6-12-8-9(11)10(14)17-2/h9,12H,4-8H2,1-3H3. The van der Waals surface area contributed by atoms with Crippen LogP contribution in [0.1, 0.15) is 13.3 Å². The van der Waals surface area contributed by atoms with Crippen molar-refractivity contribution in [2.75, 3.05) is 39.5 Å². The van der Waals surface area contributed by atoms with Crippen LogP contribution < -0.4 is 5.32 Å². The smallest absolute Gasteiger partial charge is 0.320 e. The van der Waals surface area contributed by atoms with Crippen LogP contribution in [0.25, 0.3) is 0 Å². The summed E-state index contributed by atoms with van der Waals surface area (Å²) in [6.07, 6.45) is 1.90. The van der Waals surface area contributed by atoms with Crippen molar-refractivity contribution in [2.24, 2.45) is 0 Å². The van der Waals surface area contributed by atoms with E-state index < -0.39 is 10.0 Å². The normalized spacial score (nSPS) is 13.6. The van der Waals surface area contributed by atoms with E-state index in [4.69, 9.17) is 0 Å². The number of hydrogen-bond acceptors (Lipinski definition) is 5. The molecule has 0 saturated carbocycles. The van der Waals surface area contributed by atoms with Gasteiger partial charge >= 0.3 is 5.97 Å². The number of carbonyl (C=O) groups is 1. The molecule has 0 aromatic carbocycles. The molecule has 18 heavy (non-hydrogen) atoms. The highest BCUT2D eigenvalue weighted by Gasteiger charge is 2.15. The number of rotatable bonds is 9. The minimum atomic E-state index is -3.11. The SMILES string of the molecule is CCN(CCCNCC(Br)C(=O)OC)S(C)(=O)=O. The Morgan fingerprint density at radius 2 is 2.11 bits per heavy atom. The van der Waals surface area contributed by atoms with E-state index in [0.717, 1.165) is 0 Å². The van der Waals surface area contributed by atoms with Gasteiger partial charge in [-0.1, -0.05) is 22.9 Å². The molecule has 1 unspecified atom stereocenters. The van der Waals surface area contributed by atoms with Crippen LogP contribution >= 0.6 is 15.9 Å². The van der Waals surface area contributed by atoms with Crippen molar-refractivity contribution in [3.05, 3.63) is 0 Å². The zero-order chi connectivity index (χ0) is 14.2. The van der Waals surface area contributed by atoms with E-state index in [1.165, 1.54) is 17.7 Å². The lowest BCUT2D eigenvalue weighted by molar-refractivity contribution is -0.139. The second kappa shape index (κ2) is 8.84. The molecule has 0 aliphatic carbocycles. The number of nitrogens with one attached hydrogen (secondary N) is 1. The Morgan fingerprint density at radius 1 is 1.50 bits per heavy atom. The highest BCUT2D eigenvalue weighted by molar-refractivity contribution is 9.10. The van der Waals surface area contributed by atoms with Crippen LogP contribution in [0.4, 0.5) is 0 Å². The Morgan fingerprint density at radius 3 is 2.56 bits per heavy atom. The molecule has 1 atom stereocenters. The number of esters is 1. The molecule has 1 N–H and O–H groups in total. The second-order valence-corrected chi connectivity index (χ2v) is 6.89. The molecule has 0 spiro atoms. The molecule has 8 heteroatoms. The van der Waals surface area contributed by atoms with Gasteiger partial charge in [0, 0.05) is 19.6 Å². The summed E-state index contributed by atoms with van der Waals surface area (Å²) in [4.78, 5) is 10.7. The van der Waals surface area contributed by atoms with Crippen LogP contribution in [0.2, 0.25) is 0 Å². The molecule has 108 valence electrons. The van der Waals surface area contributed by atoms with E-state index >= 15 is 0 Å². The number of alkyl halides is 1. The van der Waals surface area contributed by atoms with E-state index in [9.17, 15) is 13.2 Å². The number of nitrogens with zero attached hydrogens (tertiary/aromatic N) is 1. The molecule has 0 amide bonds. The summed E-state index contributed by atoms with van der Waals surface area (Å²) in [6.45, 7) is 3.86. The number of carbonyl (C=O) groups excluding carboxylic acids is 1. The molecule has 0 bridgehead atoms. The largest absolute Gasteiger partial charge is 0.468 e. The maximum Gasteiger partial charge on any atom is 0.320 e. The molecular weight excluding hydrogens is 324 g/mol. The molecule has 0 fully saturated rings. The highest BCUT2D eigenvalue weighted by atomic mass is 79.9. The van der Waals surface area contributed by atoms with Crippen molar-refractivity contribution < 1.29 is 17.9 Å². The van der Waals surface area contributed by atoms with E-state index in [-0.39, 0.29) is 10.8 Å². The topological polar surface area (TPSA) is 75.7 Å². The van der Waals surface area contributed by atoms with E-state index in [0.29, 0.717) is 32.6 Å². The minimum absolute atomic E-state index is 0.325. The first-order chi connectivity index (χ1) is 8.32. The van der Waals surface area contributed by atoms with Gasteiger partial charge in [0.1, 0.15) is 4.83 Å². The molecule has 0 aliphatic heterocycles. The fourth-order valence-electron chi connectivity index (χ4n) is 1.38. The van der Waals surface area contributed by atoms with Gasteiger partial charge in [0.2, 0.25) is 10.0 Å². The van der Waals surface area contributed by atoms with Crippen LogP contribution in [0.3, 0.4) is 0 Å². The van der Waals surface area contributed by atoms with E-state index in [2.05, 4.69) is 26.0 Å². The third-order valence-corrected chi connectivity index (χ3v) is 4.44. The third-order valence-electron chi connectivity index (χ3n) is 2.36. The third kappa shape index (κ3) is 7.30. The van der Waals surface area contributed by atoms with Crippen molar-refractivity contribution in [1.82, 2.24) is 9.62 Å². The molecule has 0 aromatic rings. The van der Waals surface area contributed by atoms with Crippen LogP contribution in [-0.4, -0.2) is 63.1 Å². The summed E-state index contributed by atoms with van der Waals surface area (Å²) >= 11 is 3.19. The van der Waals surface area contributed by atoms with Crippen molar-refractivity contribution in [3.63, 3.8) is 0 Å². The van der Waals surface area contributed by atoms with E-state index in [1.807, 2.05) is 0 Å². The van der Waals surface area contributed by atoms with Gasteiger partial charge in [-0.05, 0) is 13.0 Å². The maximum absolute atomic E-state index is 11.3. The van der Waals surface area contributed by atoms with E-state index in [1.54, 1.807) is 6.92 Å². The lowest BCUT2D eigenvalue weighted by Crippen LogP contribution is -2.34. The molecule has 0 aromatic heterocycles. The minimum Gasteiger partial charge on any atom is -0.468 e. The maximum atomic E-state index is 11.3. The summed E-state index contributed by atoms with van der Waals surface area (Å²) in [5, 5.41) is 3.06. The molecule has 6 nitrogen and oxygen atoms in total. The summed E-state index contributed by atoms with van der Waals surface area (Å²) in [5.74, 6) is -0.325. The zero-order valence-corrected chi connectivity index (χ0v) is 13.4. The molecule has 0 heterocycles. The number of methoxy groups -OCH3 is 1. The summed E-state index contributed by atoms with van der Waals surface area (Å²) in [5.41, 5.74) is 0. The highest BCUT2D eigenvalue weighted by Crippen LogP contribution is 2.01. The lowest BCUT2D eigenvalue weighted by atomic mass is 10.4. The summed E-state index contributed by atoms with van der Waals surface area (Å²) in [7, 11) is -1.78. The van der Waals surface area contributed by atoms with Gasteiger partial charge in [-0.25, -0.2) is 12.7 Å². The van der Waals surface area contributed by atoms with Crippen molar-refractivity contribution >= 4 is 31.9 Å². The molecule has 0 aliphatic rings. The number of hydrogen-bond donors (Lipinski definition) is 1. The first-order valence-corrected chi connectivity index (χ1v) is 8.47. The predicted octanol–water partition coefficient (Wildman–Crippen LogP) is 0.184. The molecule has 0 saturated heterocycles. The zero-order valence-electron chi connectivity index (χ0n) is 11.0. The van der Waals surface area contributed by atoms with Crippen LogP contribution in [0.15, 0.2) is 0 Å². The van der Waals surface area contributed by atoms with Gasteiger partial charge in [-0.3, -0.25) is 4.79 Å². The van der Waals surface area contributed by atoms with Gasteiger partial charge in [0.15, 0.2) is 0 Å². The Balaban J connectivity index is 3.77. The Bertz CT molecular complexity index is 348. The monoisotopic (exact) mass is 344 g/mol. The quantitative estimate of drug-likeness (QED) is 0.367. The Kier molecular flexibility index (Phi) is 8.75. The molecule has 0 radical (unpaired) electrons. The fraction of sp³-hybridized carbons (Fsp3) is 0.900. The number of ether oxygens (including phenoxy) is 1. The average Bonchev–Trinajstić information content (AvgIpc) is 2.30. The van der Waals surface area contributed by atoms with Crippen LogP contribution in [-0.2, 0) is 19.6 Å². The Labute approximate surface area is 117 Å². The van der Waals surface area contributed by atoms with Gasteiger partial charge in [-0.2, -0.15) is 0 Å². The first kappa shape index (κ1) is 17.8. The fourth-order valence-corrected chi connectivity index (χ4v) is 2.72. The number of sulfonamides is 1. The summed E-state index contributed by atoms with van der Waals surface area (Å²) < 4.78 is 28.6. The Hall–Kier alpha value is -0.180. The van der Waals surface area contributed by atoms with Gasteiger partial charge in [-0.15, -0.1) is 0 Å².